The number of likely N-dealkylation sites (tertiary alicyclic amines) is 1. The largest absolute Gasteiger partial charge is 0.374 e. The first-order chi connectivity index (χ1) is 4.70. The van der Waals surface area contributed by atoms with Crippen LogP contribution in [-0.4, -0.2) is 29.4 Å². The maximum Gasteiger partial charge on any atom is 0.191 e. The predicted molar refractivity (Wildman–Crippen MR) is 46.1 cm³/mol. The van der Waals surface area contributed by atoms with Gasteiger partial charge in [-0.3, -0.25) is 0 Å². The Hall–Kier alpha value is -0.640. The van der Waals surface area contributed by atoms with Crippen molar-refractivity contribution in [3.8, 4) is 0 Å². The van der Waals surface area contributed by atoms with Crippen LogP contribution in [0.5, 0.6) is 0 Å². The molecule has 3 nitrogen and oxygen atoms in total. The molecular weight excluding hydrogens is 146 g/mol. The highest BCUT2D eigenvalue weighted by molar-refractivity contribution is 7.80. The van der Waals surface area contributed by atoms with Gasteiger partial charge < -0.3 is 10.6 Å². The van der Waals surface area contributed by atoms with Gasteiger partial charge in [-0.15, -0.1) is 0 Å². The van der Waals surface area contributed by atoms with E-state index in [1.54, 1.807) is 0 Å². The van der Waals surface area contributed by atoms with Gasteiger partial charge in [0.2, 0.25) is 0 Å². The zero-order valence-corrected chi connectivity index (χ0v) is 6.82. The van der Waals surface area contributed by atoms with E-state index in [-0.39, 0.29) is 5.11 Å². The van der Waals surface area contributed by atoms with Crippen LogP contribution in [0.2, 0.25) is 0 Å². The van der Waals surface area contributed by atoms with E-state index in [9.17, 15) is 0 Å². The van der Waals surface area contributed by atoms with E-state index >= 15 is 0 Å². The third-order valence-electron chi connectivity index (χ3n) is 1.57. The lowest BCUT2D eigenvalue weighted by Gasteiger charge is -2.09. The lowest BCUT2D eigenvalue weighted by atomic mass is 10.4. The van der Waals surface area contributed by atoms with Gasteiger partial charge in [0.25, 0.3) is 0 Å². The molecular formula is C6H11N3S. The van der Waals surface area contributed by atoms with E-state index in [4.69, 9.17) is 5.73 Å². The average Bonchev–Trinajstić information content (AvgIpc) is 2.15. The molecule has 0 unspecified atom stereocenters. The number of rotatable bonds is 0. The fourth-order valence-electron chi connectivity index (χ4n) is 1.06. The van der Waals surface area contributed by atoms with E-state index in [1.165, 1.54) is 0 Å². The van der Waals surface area contributed by atoms with Gasteiger partial charge in [0.15, 0.2) is 5.11 Å². The van der Waals surface area contributed by atoms with Crippen molar-refractivity contribution in [3.63, 3.8) is 0 Å². The van der Waals surface area contributed by atoms with Crippen LogP contribution in [0.3, 0.4) is 0 Å². The van der Waals surface area contributed by atoms with Crippen molar-refractivity contribution >= 4 is 23.2 Å². The van der Waals surface area contributed by atoms with Crippen molar-refractivity contribution < 1.29 is 0 Å². The van der Waals surface area contributed by atoms with Crippen molar-refractivity contribution in [1.82, 2.24) is 4.90 Å². The monoisotopic (exact) mass is 157 g/mol. The fraction of sp³-hybridized carbons (Fsp3) is 0.667. The van der Waals surface area contributed by atoms with Crippen LogP contribution >= 0.6 is 12.2 Å². The number of aliphatic imine (C=N–C) groups is 1. The molecule has 0 saturated carbocycles. The SMILES string of the molecule is CN1CCC/C1=N\C(N)=S. The standard InChI is InChI=1S/C6H11N3S/c1-9-4-2-3-5(9)8-6(7)10/h2-4H2,1H3,(H2,7,10)/b8-5+. The van der Waals surface area contributed by atoms with Crippen molar-refractivity contribution in [2.45, 2.75) is 12.8 Å². The number of hydrogen-bond acceptors (Lipinski definition) is 1. The molecule has 1 saturated heterocycles. The molecule has 1 aliphatic heterocycles. The molecule has 0 aromatic rings. The third kappa shape index (κ3) is 1.67. The third-order valence-corrected chi connectivity index (χ3v) is 1.67. The minimum Gasteiger partial charge on any atom is -0.374 e. The Morgan fingerprint density at radius 1 is 1.80 bits per heavy atom. The van der Waals surface area contributed by atoms with E-state index in [2.05, 4.69) is 22.1 Å². The molecule has 10 heavy (non-hydrogen) atoms. The predicted octanol–water partition coefficient (Wildman–Crippen LogP) is 0.354. The van der Waals surface area contributed by atoms with Gasteiger partial charge in [-0.05, 0) is 18.6 Å². The van der Waals surface area contributed by atoms with Crippen molar-refractivity contribution in [3.05, 3.63) is 0 Å². The molecule has 1 heterocycles. The summed E-state index contributed by atoms with van der Waals surface area (Å²) in [5.41, 5.74) is 5.25. The summed E-state index contributed by atoms with van der Waals surface area (Å²) < 4.78 is 0. The molecule has 2 N–H and O–H groups in total. The molecule has 4 heteroatoms. The molecule has 1 fully saturated rings. The van der Waals surface area contributed by atoms with E-state index in [1.807, 2.05) is 7.05 Å². The Balaban J connectivity index is 2.62. The van der Waals surface area contributed by atoms with Crippen molar-refractivity contribution in [2.75, 3.05) is 13.6 Å². The van der Waals surface area contributed by atoms with E-state index in [0.717, 1.165) is 25.2 Å². The molecule has 1 rings (SSSR count). The highest BCUT2D eigenvalue weighted by Gasteiger charge is 2.13. The van der Waals surface area contributed by atoms with Crippen LogP contribution < -0.4 is 5.73 Å². The lowest BCUT2D eigenvalue weighted by Crippen LogP contribution is -2.21. The van der Waals surface area contributed by atoms with Gasteiger partial charge in [0, 0.05) is 20.0 Å². The summed E-state index contributed by atoms with van der Waals surface area (Å²) in [6, 6.07) is 0. The molecule has 0 amide bonds. The smallest absolute Gasteiger partial charge is 0.191 e. The minimum absolute atomic E-state index is 0.240. The van der Waals surface area contributed by atoms with Gasteiger partial charge in [-0.2, -0.15) is 0 Å². The second-order valence-electron chi connectivity index (χ2n) is 2.39. The van der Waals surface area contributed by atoms with Crippen LogP contribution in [0, 0.1) is 0 Å². The number of thiocarbonyl (C=S) groups is 1. The minimum atomic E-state index is 0.240. The van der Waals surface area contributed by atoms with Gasteiger partial charge >= 0.3 is 0 Å². The average molecular weight is 157 g/mol. The van der Waals surface area contributed by atoms with Crippen LogP contribution in [0.25, 0.3) is 0 Å². The topological polar surface area (TPSA) is 41.6 Å². The quantitative estimate of drug-likeness (QED) is 0.516. The molecule has 1 aliphatic rings. The van der Waals surface area contributed by atoms with E-state index < -0.39 is 0 Å². The summed E-state index contributed by atoms with van der Waals surface area (Å²) in [5.74, 6) is 1.02. The van der Waals surface area contributed by atoms with E-state index in [0.29, 0.717) is 0 Å². The second kappa shape index (κ2) is 2.96. The maximum atomic E-state index is 5.25. The fourth-order valence-corrected chi connectivity index (χ4v) is 1.17. The van der Waals surface area contributed by atoms with Gasteiger partial charge in [0.1, 0.15) is 5.84 Å². The second-order valence-corrected chi connectivity index (χ2v) is 2.81. The summed E-state index contributed by atoms with van der Waals surface area (Å²) in [4.78, 5) is 6.09. The summed E-state index contributed by atoms with van der Waals surface area (Å²) in [6.45, 7) is 1.07. The normalized spacial score (nSPS) is 22.1. The van der Waals surface area contributed by atoms with Gasteiger partial charge in [0.05, 0.1) is 0 Å². The summed E-state index contributed by atoms with van der Waals surface area (Å²) in [6.07, 6.45) is 2.17. The highest BCUT2D eigenvalue weighted by atomic mass is 32.1. The number of amidine groups is 1. The zero-order valence-electron chi connectivity index (χ0n) is 6.00. The van der Waals surface area contributed by atoms with Crippen LogP contribution in [0.1, 0.15) is 12.8 Å². The summed E-state index contributed by atoms with van der Waals surface area (Å²) in [5, 5.41) is 0.240. The summed E-state index contributed by atoms with van der Waals surface area (Å²) >= 11 is 4.65. The first kappa shape index (κ1) is 7.47. The molecule has 56 valence electrons. The van der Waals surface area contributed by atoms with Crippen LogP contribution in [0.4, 0.5) is 0 Å². The first-order valence-electron chi connectivity index (χ1n) is 3.28. The molecule has 0 spiro atoms. The number of nitrogens with zero attached hydrogens (tertiary/aromatic N) is 2. The molecule has 0 bridgehead atoms. The van der Waals surface area contributed by atoms with Gasteiger partial charge in [-0.25, -0.2) is 4.99 Å². The Kier molecular flexibility index (Phi) is 2.21. The molecule has 0 aromatic carbocycles. The lowest BCUT2D eigenvalue weighted by molar-refractivity contribution is 0.550. The molecule has 0 radical (unpaired) electrons. The molecule has 0 atom stereocenters. The van der Waals surface area contributed by atoms with Crippen LogP contribution in [-0.2, 0) is 0 Å². The summed E-state index contributed by atoms with van der Waals surface area (Å²) in [7, 11) is 2.00. The number of nitrogens with two attached hydrogens (primary N) is 1. The van der Waals surface area contributed by atoms with Crippen LogP contribution in [0.15, 0.2) is 4.99 Å². The Labute approximate surface area is 65.9 Å². The Bertz CT molecular complexity index is 176. The van der Waals surface area contributed by atoms with Gasteiger partial charge in [-0.1, -0.05) is 0 Å². The molecule has 0 aromatic heterocycles. The maximum absolute atomic E-state index is 5.25. The van der Waals surface area contributed by atoms with Crippen molar-refractivity contribution in [1.29, 1.82) is 0 Å². The Morgan fingerprint density at radius 3 is 2.90 bits per heavy atom. The van der Waals surface area contributed by atoms with Crippen molar-refractivity contribution in [2.24, 2.45) is 10.7 Å². The molecule has 0 aliphatic carbocycles. The first-order valence-corrected chi connectivity index (χ1v) is 3.69. The zero-order chi connectivity index (χ0) is 7.56. The number of hydrogen-bond donors (Lipinski definition) is 1. The Morgan fingerprint density at radius 2 is 2.50 bits per heavy atom. The highest BCUT2D eigenvalue weighted by Crippen LogP contribution is 2.08.